The van der Waals surface area contributed by atoms with Crippen molar-refractivity contribution >= 4 is 34.1 Å². The molecule has 1 aliphatic heterocycles. The number of nitrogens with zero attached hydrogens (tertiary/aromatic N) is 3. The van der Waals surface area contributed by atoms with Crippen molar-refractivity contribution < 1.29 is 23.9 Å². The topological polar surface area (TPSA) is 80.6 Å². The Bertz CT molecular complexity index is 977. The number of ether oxygens (including phenoxy) is 2. The van der Waals surface area contributed by atoms with E-state index in [9.17, 15) is 14.4 Å². The molecule has 8 nitrogen and oxygen atoms in total. The molecule has 0 unspecified atom stereocenters. The first-order valence-electron chi connectivity index (χ1n) is 10.5. The standard InChI is InChI=1S/C22H31N3O5S/c1-14(2)29-20(27)18-15(3)12-25-16(13-31-19(18)25)11-17(26)23-7-9-24(10-8-23)21(28)30-22(4,5)6/h12-14H,7-11H2,1-6H3. The quantitative estimate of drug-likeness (QED) is 0.668. The second-order valence-electron chi connectivity index (χ2n) is 9.07. The van der Waals surface area contributed by atoms with Gasteiger partial charge >= 0.3 is 12.1 Å². The van der Waals surface area contributed by atoms with Crippen LogP contribution in [0.1, 0.15) is 56.2 Å². The average Bonchev–Trinajstić information content (AvgIpc) is 3.18. The second-order valence-corrected chi connectivity index (χ2v) is 9.93. The van der Waals surface area contributed by atoms with Gasteiger partial charge in [0, 0.05) is 43.4 Å². The molecule has 0 aliphatic carbocycles. The summed E-state index contributed by atoms with van der Waals surface area (Å²) in [6.07, 6.45) is 1.58. The minimum Gasteiger partial charge on any atom is -0.459 e. The molecule has 2 aromatic rings. The van der Waals surface area contributed by atoms with Crippen LogP contribution < -0.4 is 0 Å². The molecule has 9 heteroatoms. The van der Waals surface area contributed by atoms with E-state index in [1.807, 2.05) is 57.5 Å². The summed E-state index contributed by atoms with van der Waals surface area (Å²) in [5, 5.41) is 1.91. The lowest BCUT2D eigenvalue weighted by atomic mass is 10.2. The smallest absolute Gasteiger partial charge is 0.410 e. The fraction of sp³-hybridized carbons (Fsp3) is 0.591. The van der Waals surface area contributed by atoms with Crippen molar-refractivity contribution in [1.82, 2.24) is 14.2 Å². The SMILES string of the molecule is Cc1cn2c(CC(=O)N3CCN(C(=O)OC(C)(C)C)CC3)csc2c1C(=O)OC(C)C. The molecule has 0 atom stereocenters. The molecule has 1 saturated heterocycles. The van der Waals surface area contributed by atoms with Crippen LogP contribution in [0.4, 0.5) is 4.79 Å². The van der Waals surface area contributed by atoms with Gasteiger partial charge in [-0.1, -0.05) is 0 Å². The maximum Gasteiger partial charge on any atom is 0.410 e. The first kappa shape index (κ1) is 23.1. The Morgan fingerprint density at radius 1 is 1.10 bits per heavy atom. The molecule has 3 heterocycles. The van der Waals surface area contributed by atoms with Crippen LogP contribution in [0.2, 0.25) is 0 Å². The summed E-state index contributed by atoms with van der Waals surface area (Å²) in [4.78, 5) is 41.7. The van der Waals surface area contributed by atoms with E-state index in [0.717, 1.165) is 16.1 Å². The first-order chi connectivity index (χ1) is 14.5. The summed E-state index contributed by atoms with van der Waals surface area (Å²) in [5.74, 6) is -0.339. The number of esters is 1. The van der Waals surface area contributed by atoms with E-state index in [0.29, 0.717) is 31.7 Å². The molecule has 0 spiro atoms. The number of amides is 2. The molecular formula is C22H31N3O5S. The molecule has 0 N–H and O–H groups in total. The van der Waals surface area contributed by atoms with Crippen molar-refractivity contribution in [2.75, 3.05) is 26.2 Å². The molecular weight excluding hydrogens is 418 g/mol. The maximum atomic E-state index is 12.9. The number of hydrogen-bond donors (Lipinski definition) is 0. The summed E-state index contributed by atoms with van der Waals surface area (Å²) in [7, 11) is 0. The van der Waals surface area contributed by atoms with Crippen LogP contribution in [0.3, 0.4) is 0 Å². The number of carbonyl (C=O) groups excluding carboxylic acids is 3. The van der Waals surface area contributed by atoms with Gasteiger partial charge in [0.15, 0.2) is 0 Å². The molecule has 0 aromatic carbocycles. The summed E-state index contributed by atoms with van der Waals surface area (Å²) >= 11 is 1.44. The summed E-state index contributed by atoms with van der Waals surface area (Å²) in [5.41, 5.74) is 1.69. The fourth-order valence-corrected chi connectivity index (χ4v) is 4.59. The summed E-state index contributed by atoms with van der Waals surface area (Å²) < 4.78 is 12.7. The Kier molecular flexibility index (Phi) is 6.64. The van der Waals surface area contributed by atoms with Gasteiger partial charge in [-0.05, 0) is 47.1 Å². The molecule has 0 bridgehead atoms. The van der Waals surface area contributed by atoms with Gasteiger partial charge in [0.05, 0.1) is 18.1 Å². The summed E-state index contributed by atoms with van der Waals surface area (Å²) in [6, 6.07) is 0. The Morgan fingerprint density at radius 2 is 1.71 bits per heavy atom. The monoisotopic (exact) mass is 449 g/mol. The largest absolute Gasteiger partial charge is 0.459 e. The highest BCUT2D eigenvalue weighted by Gasteiger charge is 2.28. The van der Waals surface area contributed by atoms with E-state index in [1.165, 1.54) is 11.3 Å². The lowest BCUT2D eigenvalue weighted by Crippen LogP contribution is -2.52. The molecule has 1 fully saturated rings. The third-order valence-electron chi connectivity index (χ3n) is 4.93. The van der Waals surface area contributed by atoms with E-state index in [4.69, 9.17) is 9.47 Å². The maximum absolute atomic E-state index is 12.9. The zero-order chi connectivity index (χ0) is 22.9. The number of piperazine rings is 1. The predicted molar refractivity (Wildman–Crippen MR) is 119 cm³/mol. The molecule has 31 heavy (non-hydrogen) atoms. The van der Waals surface area contributed by atoms with Gasteiger partial charge in [-0.3, -0.25) is 4.79 Å². The van der Waals surface area contributed by atoms with Gasteiger partial charge < -0.3 is 23.7 Å². The van der Waals surface area contributed by atoms with E-state index >= 15 is 0 Å². The minimum atomic E-state index is -0.538. The zero-order valence-electron chi connectivity index (χ0n) is 19.1. The van der Waals surface area contributed by atoms with Crippen LogP contribution in [0.5, 0.6) is 0 Å². The molecule has 3 rings (SSSR count). The summed E-state index contributed by atoms with van der Waals surface area (Å²) in [6.45, 7) is 12.9. The number of aryl methyl sites for hydroxylation is 1. The number of hydrogen-bond acceptors (Lipinski definition) is 6. The van der Waals surface area contributed by atoms with E-state index in [2.05, 4.69) is 0 Å². The average molecular weight is 450 g/mol. The van der Waals surface area contributed by atoms with Gasteiger partial charge in [-0.25, -0.2) is 9.59 Å². The van der Waals surface area contributed by atoms with Gasteiger partial charge in [-0.15, -0.1) is 11.3 Å². The third-order valence-corrected chi connectivity index (χ3v) is 5.94. The number of fused-ring (bicyclic) bond motifs is 1. The van der Waals surface area contributed by atoms with E-state index in [1.54, 1.807) is 9.80 Å². The lowest BCUT2D eigenvalue weighted by Gasteiger charge is -2.35. The normalized spacial score (nSPS) is 14.9. The number of thiazole rings is 1. The van der Waals surface area contributed by atoms with Gasteiger partial charge in [0.1, 0.15) is 10.4 Å². The van der Waals surface area contributed by atoms with Gasteiger partial charge in [-0.2, -0.15) is 0 Å². The number of carbonyl (C=O) groups is 3. The molecule has 2 amide bonds. The van der Waals surface area contributed by atoms with Crippen LogP contribution in [0.25, 0.3) is 4.83 Å². The highest BCUT2D eigenvalue weighted by Crippen LogP contribution is 2.27. The molecule has 2 aromatic heterocycles. The Balaban J connectivity index is 1.64. The second kappa shape index (κ2) is 8.90. The minimum absolute atomic E-state index is 0.00111. The van der Waals surface area contributed by atoms with Crippen LogP contribution in [0, 0.1) is 6.92 Å². The predicted octanol–water partition coefficient (Wildman–Crippen LogP) is 3.50. The van der Waals surface area contributed by atoms with Crippen LogP contribution in [-0.4, -0.2) is 70.1 Å². The van der Waals surface area contributed by atoms with Crippen molar-refractivity contribution in [2.24, 2.45) is 0 Å². The molecule has 0 radical (unpaired) electrons. The number of aromatic nitrogens is 1. The van der Waals surface area contributed by atoms with Gasteiger partial charge in [0.2, 0.25) is 5.91 Å². The zero-order valence-corrected chi connectivity index (χ0v) is 19.9. The van der Waals surface area contributed by atoms with Crippen LogP contribution in [0.15, 0.2) is 11.6 Å². The van der Waals surface area contributed by atoms with E-state index < -0.39 is 5.60 Å². The fourth-order valence-electron chi connectivity index (χ4n) is 3.50. The van der Waals surface area contributed by atoms with Crippen molar-refractivity contribution in [1.29, 1.82) is 0 Å². The van der Waals surface area contributed by atoms with Crippen molar-refractivity contribution in [3.8, 4) is 0 Å². The highest BCUT2D eigenvalue weighted by atomic mass is 32.1. The Hall–Kier alpha value is -2.55. The van der Waals surface area contributed by atoms with Gasteiger partial charge in [0.25, 0.3) is 0 Å². The van der Waals surface area contributed by atoms with Crippen molar-refractivity contribution in [2.45, 2.75) is 59.7 Å². The Morgan fingerprint density at radius 3 is 2.29 bits per heavy atom. The lowest BCUT2D eigenvalue weighted by molar-refractivity contribution is -0.132. The van der Waals surface area contributed by atoms with E-state index in [-0.39, 0.29) is 30.5 Å². The molecule has 170 valence electrons. The van der Waals surface area contributed by atoms with Crippen molar-refractivity contribution in [3.63, 3.8) is 0 Å². The van der Waals surface area contributed by atoms with Crippen LogP contribution >= 0.6 is 11.3 Å². The first-order valence-corrected chi connectivity index (χ1v) is 11.4. The van der Waals surface area contributed by atoms with Crippen molar-refractivity contribution in [3.05, 3.63) is 28.4 Å². The molecule has 1 aliphatic rings. The highest BCUT2D eigenvalue weighted by molar-refractivity contribution is 7.16. The van der Waals surface area contributed by atoms with Crippen LogP contribution in [-0.2, 0) is 20.7 Å². The third kappa shape index (κ3) is 5.39. The Labute approximate surface area is 186 Å². The molecule has 0 saturated carbocycles. The number of rotatable bonds is 4.